The summed E-state index contributed by atoms with van der Waals surface area (Å²) in [4.78, 5) is 18.2. The maximum atomic E-state index is 12.7. The van der Waals surface area contributed by atoms with Crippen LogP contribution < -0.4 is 15.5 Å². The van der Waals surface area contributed by atoms with E-state index < -0.39 is 6.17 Å². The molecule has 0 spiro atoms. The number of amides is 1. The fraction of sp³-hybridized carbons (Fsp3) is 0.538. The topological polar surface area (TPSA) is 57.3 Å². The quantitative estimate of drug-likeness (QED) is 0.826. The molecule has 102 valence electrons. The van der Waals surface area contributed by atoms with Crippen molar-refractivity contribution < 1.29 is 9.18 Å². The molecule has 2 heterocycles. The van der Waals surface area contributed by atoms with Crippen molar-refractivity contribution in [1.82, 2.24) is 15.6 Å². The summed E-state index contributed by atoms with van der Waals surface area (Å²) >= 11 is 0. The number of pyridine rings is 1. The number of carbonyl (C=O) groups is 1. The molecule has 1 aliphatic heterocycles. The summed E-state index contributed by atoms with van der Waals surface area (Å²) in [7, 11) is 0. The van der Waals surface area contributed by atoms with E-state index >= 15 is 0 Å². The molecule has 0 radical (unpaired) electrons. The molecule has 1 saturated carbocycles. The van der Waals surface area contributed by atoms with Crippen LogP contribution in [-0.2, 0) is 0 Å². The summed E-state index contributed by atoms with van der Waals surface area (Å²) in [5.41, 5.74) is 1.37. The lowest BCUT2D eigenvalue weighted by Gasteiger charge is -2.29. The highest BCUT2D eigenvalue weighted by atomic mass is 19.1. The van der Waals surface area contributed by atoms with E-state index in [4.69, 9.17) is 0 Å². The molecule has 2 atom stereocenters. The van der Waals surface area contributed by atoms with Gasteiger partial charge in [0.2, 0.25) is 0 Å². The number of nitrogens with one attached hydrogen (secondary N) is 2. The van der Waals surface area contributed by atoms with Crippen molar-refractivity contribution in [2.45, 2.75) is 18.6 Å². The summed E-state index contributed by atoms with van der Waals surface area (Å²) in [6, 6.07) is 3.28. The summed E-state index contributed by atoms with van der Waals surface area (Å²) in [6.07, 6.45) is 1.24. The van der Waals surface area contributed by atoms with Crippen LogP contribution >= 0.6 is 0 Å². The Labute approximate surface area is 111 Å². The predicted molar refractivity (Wildman–Crippen MR) is 70.1 cm³/mol. The Morgan fingerprint density at radius 3 is 2.74 bits per heavy atom. The van der Waals surface area contributed by atoms with Gasteiger partial charge < -0.3 is 15.5 Å². The maximum absolute atomic E-state index is 12.7. The third kappa shape index (κ3) is 2.84. The van der Waals surface area contributed by atoms with Gasteiger partial charge in [-0.15, -0.1) is 0 Å². The Bertz CT molecular complexity index is 458. The van der Waals surface area contributed by atoms with Crippen molar-refractivity contribution in [3.63, 3.8) is 0 Å². The van der Waals surface area contributed by atoms with Crippen LogP contribution in [-0.4, -0.2) is 49.3 Å². The lowest BCUT2D eigenvalue weighted by atomic mass is 10.2. The Morgan fingerprint density at radius 2 is 2.16 bits per heavy atom. The smallest absolute Gasteiger partial charge is 0.270 e. The number of halogens is 1. The van der Waals surface area contributed by atoms with Crippen LogP contribution in [0.1, 0.15) is 16.9 Å². The molecule has 2 N–H and O–H groups in total. The van der Waals surface area contributed by atoms with Gasteiger partial charge in [0.25, 0.3) is 5.91 Å². The second kappa shape index (κ2) is 5.13. The number of carbonyl (C=O) groups excluding carboxylic acids is 1. The maximum Gasteiger partial charge on any atom is 0.270 e. The number of rotatable bonds is 3. The molecule has 0 bridgehead atoms. The summed E-state index contributed by atoms with van der Waals surface area (Å²) in [5, 5.41) is 5.90. The average molecular weight is 264 g/mol. The van der Waals surface area contributed by atoms with Crippen molar-refractivity contribution in [1.29, 1.82) is 0 Å². The number of aromatic nitrogens is 1. The Balaban J connectivity index is 1.62. The van der Waals surface area contributed by atoms with Crippen LogP contribution in [0.5, 0.6) is 0 Å². The molecule has 0 unspecified atom stereocenters. The second-order valence-electron chi connectivity index (χ2n) is 4.97. The zero-order chi connectivity index (χ0) is 13.2. The normalized spacial score (nSPS) is 26.1. The molecule has 6 heteroatoms. The van der Waals surface area contributed by atoms with Crippen LogP contribution in [0.2, 0.25) is 0 Å². The SMILES string of the molecule is O=C(N[C@H]1C[C@H]1F)c1ccc(N2CCNCC2)cn1. The van der Waals surface area contributed by atoms with E-state index in [-0.39, 0.29) is 11.9 Å². The number of alkyl halides is 1. The molecule has 1 saturated heterocycles. The number of piperazine rings is 1. The number of hydrogen-bond donors (Lipinski definition) is 2. The number of nitrogens with zero attached hydrogens (tertiary/aromatic N) is 2. The van der Waals surface area contributed by atoms with E-state index in [9.17, 15) is 9.18 Å². The van der Waals surface area contributed by atoms with Gasteiger partial charge in [-0.3, -0.25) is 4.79 Å². The van der Waals surface area contributed by atoms with Gasteiger partial charge in [0.15, 0.2) is 0 Å². The molecule has 1 aromatic heterocycles. The minimum Gasteiger partial charge on any atom is -0.368 e. The highest BCUT2D eigenvalue weighted by molar-refractivity contribution is 5.92. The highest BCUT2D eigenvalue weighted by Gasteiger charge is 2.38. The van der Waals surface area contributed by atoms with Gasteiger partial charge in [0.05, 0.1) is 17.9 Å². The second-order valence-corrected chi connectivity index (χ2v) is 4.97. The molecule has 19 heavy (non-hydrogen) atoms. The van der Waals surface area contributed by atoms with Gasteiger partial charge in [-0.05, 0) is 12.1 Å². The van der Waals surface area contributed by atoms with Crippen molar-refractivity contribution in [2.24, 2.45) is 0 Å². The van der Waals surface area contributed by atoms with Crippen LogP contribution in [0.3, 0.4) is 0 Å². The zero-order valence-corrected chi connectivity index (χ0v) is 10.6. The average Bonchev–Trinajstić information content (AvgIpc) is 3.15. The van der Waals surface area contributed by atoms with E-state index in [2.05, 4.69) is 20.5 Å². The molecule has 1 aliphatic carbocycles. The number of anilines is 1. The largest absolute Gasteiger partial charge is 0.368 e. The Hall–Kier alpha value is -1.69. The fourth-order valence-corrected chi connectivity index (χ4v) is 2.19. The molecule has 0 aromatic carbocycles. The molecular weight excluding hydrogens is 247 g/mol. The molecule has 2 fully saturated rings. The van der Waals surface area contributed by atoms with Gasteiger partial charge in [0, 0.05) is 32.6 Å². The van der Waals surface area contributed by atoms with Crippen LogP contribution in [0.15, 0.2) is 18.3 Å². The minimum absolute atomic E-state index is 0.294. The Morgan fingerprint density at radius 1 is 1.42 bits per heavy atom. The first-order valence-electron chi connectivity index (χ1n) is 6.61. The van der Waals surface area contributed by atoms with Gasteiger partial charge in [-0.25, -0.2) is 9.37 Å². The summed E-state index contributed by atoms with van der Waals surface area (Å²) in [6.45, 7) is 3.81. The van der Waals surface area contributed by atoms with Crippen molar-refractivity contribution in [2.75, 3.05) is 31.1 Å². The molecule has 1 aromatic rings. The van der Waals surface area contributed by atoms with Gasteiger partial charge in [-0.1, -0.05) is 0 Å². The van der Waals surface area contributed by atoms with E-state index in [1.54, 1.807) is 12.3 Å². The molecule has 5 nitrogen and oxygen atoms in total. The van der Waals surface area contributed by atoms with E-state index in [0.717, 1.165) is 31.9 Å². The first-order valence-corrected chi connectivity index (χ1v) is 6.61. The van der Waals surface area contributed by atoms with Crippen LogP contribution in [0.25, 0.3) is 0 Å². The van der Waals surface area contributed by atoms with Crippen molar-refractivity contribution in [3.05, 3.63) is 24.0 Å². The molecular formula is C13H17FN4O. The fourth-order valence-electron chi connectivity index (χ4n) is 2.19. The Kier molecular flexibility index (Phi) is 3.33. The summed E-state index contributed by atoms with van der Waals surface area (Å²) < 4.78 is 12.7. The standard InChI is InChI=1S/C13H17FN4O/c14-10-7-12(10)17-13(19)11-2-1-9(8-16-11)18-5-3-15-4-6-18/h1-2,8,10,12,15H,3-7H2,(H,17,19)/t10-,12+/m1/s1. The van der Waals surface area contributed by atoms with E-state index in [0.29, 0.717) is 12.1 Å². The first kappa shape index (κ1) is 12.3. The molecule has 1 amide bonds. The first-order chi connectivity index (χ1) is 9.24. The highest BCUT2D eigenvalue weighted by Crippen LogP contribution is 2.25. The predicted octanol–water partition coefficient (Wildman–Crippen LogP) is 0.331. The third-order valence-electron chi connectivity index (χ3n) is 3.49. The van der Waals surface area contributed by atoms with E-state index in [1.165, 1.54) is 0 Å². The lowest BCUT2D eigenvalue weighted by Crippen LogP contribution is -2.43. The molecule has 3 rings (SSSR count). The lowest BCUT2D eigenvalue weighted by molar-refractivity contribution is 0.0942. The molecule has 2 aliphatic rings. The van der Waals surface area contributed by atoms with Gasteiger partial charge in [0.1, 0.15) is 11.9 Å². The zero-order valence-electron chi connectivity index (χ0n) is 10.6. The monoisotopic (exact) mass is 264 g/mol. The minimum atomic E-state index is -0.885. The van der Waals surface area contributed by atoms with Crippen molar-refractivity contribution in [3.8, 4) is 0 Å². The van der Waals surface area contributed by atoms with Gasteiger partial charge in [-0.2, -0.15) is 0 Å². The summed E-state index contributed by atoms with van der Waals surface area (Å²) in [5.74, 6) is -0.294. The third-order valence-corrected chi connectivity index (χ3v) is 3.49. The van der Waals surface area contributed by atoms with Crippen molar-refractivity contribution >= 4 is 11.6 Å². The van der Waals surface area contributed by atoms with Gasteiger partial charge >= 0.3 is 0 Å². The van der Waals surface area contributed by atoms with Crippen LogP contribution in [0.4, 0.5) is 10.1 Å². The van der Waals surface area contributed by atoms with Crippen LogP contribution in [0, 0.1) is 0 Å². The van der Waals surface area contributed by atoms with E-state index in [1.807, 2.05) is 6.07 Å². The number of hydrogen-bond acceptors (Lipinski definition) is 4.